The molecule has 1 atom stereocenters. The van der Waals surface area contributed by atoms with Gasteiger partial charge < -0.3 is 14.9 Å². The van der Waals surface area contributed by atoms with Gasteiger partial charge in [-0.15, -0.1) is 0 Å². The van der Waals surface area contributed by atoms with Crippen LogP contribution in [0.25, 0.3) is 0 Å². The van der Waals surface area contributed by atoms with Crippen LogP contribution in [0.4, 0.5) is 0 Å². The molecule has 0 aromatic carbocycles. The predicted octanol–water partition coefficient (Wildman–Crippen LogP) is -0.666. The maximum Gasteiger partial charge on any atom is 0.140 e. The first-order valence-electron chi connectivity index (χ1n) is 2.14. The molecule has 0 radical (unpaired) electrons. The second kappa shape index (κ2) is 4.05. The zero-order valence-corrected chi connectivity index (χ0v) is 4.29. The number of aliphatic hydroxyl groups excluding tert-OH is 1. The Hall–Kier alpha value is -0.120. The van der Waals surface area contributed by atoms with Crippen molar-refractivity contribution in [3.05, 3.63) is 0 Å². The van der Waals surface area contributed by atoms with E-state index in [2.05, 4.69) is 6.92 Å². The summed E-state index contributed by atoms with van der Waals surface area (Å²) in [6.07, 6.45) is 0.583. The first-order chi connectivity index (χ1) is 3.31. The fourth-order valence-electron chi connectivity index (χ4n) is 0.0962. The van der Waals surface area contributed by atoms with Gasteiger partial charge in [0.1, 0.15) is 6.79 Å². The molecule has 44 valence electrons. The van der Waals surface area contributed by atoms with Gasteiger partial charge in [-0.05, 0) is 6.92 Å². The van der Waals surface area contributed by atoms with Crippen molar-refractivity contribution in [2.75, 3.05) is 13.4 Å². The Morgan fingerprint density at radius 3 is 1.86 bits per heavy atom. The fourth-order valence-corrected chi connectivity index (χ4v) is 0.0962. The molecule has 7 heavy (non-hydrogen) atoms. The van der Waals surface area contributed by atoms with Crippen molar-refractivity contribution in [2.45, 2.75) is 13.0 Å². The lowest BCUT2D eigenvalue weighted by molar-refractivity contribution is 0.0773. The van der Waals surface area contributed by atoms with E-state index in [1.807, 2.05) is 0 Å². The van der Waals surface area contributed by atoms with Gasteiger partial charge in [-0.2, -0.15) is 0 Å². The van der Waals surface area contributed by atoms with Gasteiger partial charge in [0.2, 0.25) is 0 Å². The highest BCUT2D eigenvalue weighted by Gasteiger charge is 2.13. The Labute approximate surface area is 42.5 Å². The maximum atomic E-state index is 7.12. The Kier molecular flexibility index (Phi) is 3.98. The summed E-state index contributed by atoms with van der Waals surface area (Å²) in [6.45, 7) is 2.29. The molecule has 1 saturated heterocycles. The molecule has 3 heteroatoms. The topological polar surface area (TPSA) is 53.0 Å². The molecule has 0 aromatic rings. The van der Waals surface area contributed by atoms with Crippen molar-refractivity contribution in [2.24, 2.45) is 0 Å². The highest BCUT2D eigenvalue weighted by atomic mass is 16.6. The molecule has 1 rings (SSSR count). The minimum Gasteiger partial charge on any atom is -0.373 e. The third kappa shape index (κ3) is 10.7. The van der Waals surface area contributed by atoms with Crippen LogP contribution in [0.3, 0.4) is 0 Å². The third-order valence-corrected chi connectivity index (χ3v) is 0.500. The highest BCUT2D eigenvalue weighted by Crippen LogP contribution is 2.04. The van der Waals surface area contributed by atoms with E-state index in [1.165, 1.54) is 0 Å². The zero-order valence-electron chi connectivity index (χ0n) is 4.29. The van der Waals surface area contributed by atoms with Gasteiger partial charge in [0.25, 0.3) is 0 Å². The Balaban J connectivity index is 0.000000110. The summed E-state index contributed by atoms with van der Waals surface area (Å²) in [4.78, 5) is 0. The van der Waals surface area contributed by atoms with Gasteiger partial charge in [-0.25, -0.2) is 0 Å². The second-order valence-electron chi connectivity index (χ2n) is 1.29. The smallest absolute Gasteiger partial charge is 0.140 e. The summed E-state index contributed by atoms with van der Waals surface area (Å²) in [7, 11) is 0. The van der Waals surface area contributed by atoms with Crippen LogP contribution in [0.2, 0.25) is 0 Å². The largest absolute Gasteiger partial charge is 0.373 e. The summed E-state index contributed by atoms with van der Waals surface area (Å²) in [5, 5.41) is 14.2. The standard InChI is InChI=1S/C3H6O.CH4O2/c1-3-2-4-3;2-1-3/h3H,2H2,1H3;2-3H,1H2. The summed E-state index contributed by atoms with van der Waals surface area (Å²) < 4.78 is 4.71. The summed E-state index contributed by atoms with van der Waals surface area (Å²) in [5.74, 6) is 0. The number of aliphatic hydroxyl groups is 2. The molecule has 0 amide bonds. The molecule has 0 bridgehead atoms. The van der Waals surface area contributed by atoms with Gasteiger partial charge >= 0.3 is 0 Å². The number of rotatable bonds is 0. The summed E-state index contributed by atoms with van der Waals surface area (Å²) >= 11 is 0. The van der Waals surface area contributed by atoms with Crippen LogP contribution in [0.1, 0.15) is 6.92 Å². The van der Waals surface area contributed by atoms with Crippen LogP contribution >= 0.6 is 0 Å². The van der Waals surface area contributed by atoms with E-state index in [4.69, 9.17) is 14.9 Å². The van der Waals surface area contributed by atoms with Gasteiger partial charge in [0, 0.05) is 0 Å². The quantitative estimate of drug-likeness (QED) is 0.318. The van der Waals surface area contributed by atoms with E-state index < -0.39 is 6.79 Å². The van der Waals surface area contributed by atoms with Crippen molar-refractivity contribution in [3.8, 4) is 0 Å². The van der Waals surface area contributed by atoms with Crippen molar-refractivity contribution in [1.29, 1.82) is 0 Å². The summed E-state index contributed by atoms with van der Waals surface area (Å²) in [6, 6.07) is 0. The SMILES string of the molecule is CC1CO1.OCO. The van der Waals surface area contributed by atoms with Crippen LogP contribution in [0.5, 0.6) is 0 Å². The second-order valence-corrected chi connectivity index (χ2v) is 1.29. The maximum absolute atomic E-state index is 7.12. The van der Waals surface area contributed by atoms with Crippen molar-refractivity contribution < 1.29 is 14.9 Å². The van der Waals surface area contributed by atoms with E-state index in [-0.39, 0.29) is 0 Å². The number of hydrogen-bond donors (Lipinski definition) is 2. The first-order valence-corrected chi connectivity index (χ1v) is 2.14. The number of hydrogen-bond acceptors (Lipinski definition) is 3. The molecule has 1 aliphatic rings. The molecule has 0 aromatic heterocycles. The normalized spacial score (nSPS) is 25.3. The van der Waals surface area contributed by atoms with E-state index in [1.54, 1.807) is 0 Å². The fraction of sp³-hybridized carbons (Fsp3) is 1.00. The Morgan fingerprint density at radius 1 is 1.71 bits per heavy atom. The molecule has 1 unspecified atom stereocenters. The molecular weight excluding hydrogens is 96.0 g/mol. The van der Waals surface area contributed by atoms with Crippen LogP contribution in [0.15, 0.2) is 0 Å². The van der Waals surface area contributed by atoms with Crippen molar-refractivity contribution in [3.63, 3.8) is 0 Å². The molecule has 0 spiro atoms. The molecule has 0 saturated carbocycles. The Bertz CT molecular complexity index is 33.9. The average molecular weight is 106 g/mol. The van der Waals surface area contributed by atoms with Crippen LogP contribution < -0.4 is 0 Å². The molecule has 1 fully saturated rings. The first kappa shape index (κ1) is 6.88. The predicted molar refractivity (Wildman–Crippen MR) is 24.7 cm³/mol. The van der Waals surface area contributed by atoms with Gasteiger partial charge in [-0.1, -0.05) is 0 Å². The molecule has 1 aliphatic heterocycles. The van der Waals surface area contributed by atoms with Crippen molar-refractivity contribution in [1.82, 2.24) is 0 Å². The van der Waals surface area contributed by atoms with E-state index in [0.717, 1.165) is 6.61 Å². The lowest BCUT2D eigenvalue weighted by Crippen LogP contribution is -1.66. The van der Waals surface area contributed by atoms with Gasteiger partial charge in [-0.3, -0.25) is 0 Å². The van der Waals surface area contributed by atoms with E-state index in [9.17, 15) is 0 Å². The van der Waals surface area contributed by atoms with E-state index in [0.29, 0.717) is 6.10 Å². The lowest BCUT2D eigenvalue weighted by Gasteiger charge is -1.55. The van der Waals surface area contributed by atoms with Crippen LogP contribution in [0, 0.1) is 0 Å². The van der Waals surface area contributed by atoms with Gasteiger partial charge in [0.05, 0.1) is 12.7 Å². The van der Waals surface area contributed by atoms with E-state index >= 15 is 0 Å². The highest BCUT2D eigenvalue weighted by molar-refractivity contribution is 4.58. The number of ether oxygens (including phenoxy) is 1. The monoisotopic (exact) mass is 106 g/mol. The number of epoxide rings is 1. The average Bonchev–Trinajstić information content (AvgIpc) is 2.25. The minimum absolute atomic E-state index is 0.583. The van der Waals surface area contributed by atoms with Crippen LogP contribution in [-0.2, 0) is 4.74 Å². The third-order valence-electron chi connectivity index (χ3n) is 0.500. The molecule has 3 nitrogen and oxygen atoms in total. The summed E-state index contributed by atoms with van der Waals surface area (Å²) in [5.41, 5.74) is 0. The Morgan fingerprint density at radius 2 is 1.86 bits per heavy atom. The minimum atomic E-state index is -0.750. The molecule has 1 heterocycles. The zero-order chi connectivity index (χ0) is 5.70. The van der Waals surface area contributed by atoms with Crippen LogP contribution in [-0.4, -0.2) is 29.7 Å². The van der Waals surface area contributed by atoms with Crippen molar-refractivity contribution >= 4 is 0 Å². The van der Waals surface area contributed by atoms with Gasteiger partial charge in [0.15, 0.2) is 0 Å². The lowest BCUT2D eigenvalue weighted by atomic mass is 10.6. The molecule has 2 N–H and O–H groups in total. The molecular formula is C4H10O3. The molecule has 0 aliphatic carbocycles.